The highest BCUT2D eigenvalue weighted by Crippen LogP contribution is 2.23. The minimum atomic E-state index is -0.0301. The molecule has 2 aromatic carbocycles. The minimum Gasteiger partial charge on any atom is -0.296 e. The van der Waals surface area contributed by atoms with Crippen LogP contribution in [0, 0.1) is 15.4 Å². The van der Waals surface area contributed by atoms with Crippen LogP contribution in [-0.2, 0) is 0 Å². The zero-order valence-electron chi connectivity index (χ0n) is 11.1. The Bertz CT molecular complexity index is 655. The third-order valence-corrected chi connectivity index (χ3v) is 3.74. The van der Waals surface area contributed by atoms with Gasteiger partial charge in [-0.15, -0.1) is 5.92 Å². The van der Waals surface area contributed by atoms with Gasteiger partial charge in [0.05, 0.1) is 12.2 Å². The lowest BCUT2D eigenvalue weighted by molar-refractivity contribution is 0.0990. The van der Waals surface area contributed by atoms with Crippen molar-refractivity contribution < 1.29 is 4.79 Å². The first-order valence-corrected chi connectivity index (χ1v) is 7.33. The maximum absolute atomic E-state index is 12.7. The van der Waals surface area contributed by atoms with Crippen molar-refractivity contribution in [2.24, 2.45) is 0 Å². The maximum atomic E-state index is 12.7. The molecule has 1 amide bonds. The van der Waals surface area contributed by atoms with E-state index in [0.717, 1.165) is 9.26 Å². The van der Waals surface area contributed by atoms with Crippen LogP contribution in [0.1, 0.15) is 17.3 Å². The minimum absolute atomic E-state index is 0.0301. The molecule has 0 spiro atoms. The summed E-state index contributed by atoms with van der Waals surface area (Å²) in [6.45, 7) is 2.17. The van der Waals surface area contributed by atoms with Crippen LogP contribution in [0.4, 0.5) is 5.69 Å². The fourth-order valence-corrected chi connectivity index (χ4v) is 2.51. The monoisotopic (exact) mass is 375 g/mol. The molecule has 0 fully saturated rings. The number of amides is 1. The van der Waals surface area contributed by atoms with Crippen molar-refractivity contribution >= 4 is 34.2 Å². The van der Waals surface area contributed by atoms with Crippen LogP contribution in [0.25, 0.3) is 0 Å². The molecule has 0 N–H and O–H groups in total. The van der Waals surface area contributed by atoms with Crippen molar-refractivity contribution in [2.45, 2.75) is 6.92 Å². The number of hydrogen-bond acceptors (Lipinski definition) is 1. The molecule has 0 aliphatic rings. The molecule has 0 saturated carbocycles. The number of para-hydroxylation sites is 1. The summed E-state index contributed by atoms with van der Waals surface area (Å²) in [4.78, 5) is 14.4. The number of carbonyl (C=O) groups is 1. The summed E-state index contributed by atoms with van der Waals surface area (Å²) in [5, 5.41) is 0. The fourth-order valence-electron chi connectivity index (χ4n) is 1.83. The fraction of sp³-hybridized carbons (Fsp3) is 0.118. The van der Waals surface area contributed by atoms with Crippen molar-refractivity contribution in [2.75, 3.05) is 11.4 Å². The van der Waals surface area contributed by atoms with E-state index in [0.29, 0.717) is 12.1 Å². The van der Waals surface area contributed by atoms with E-state index in [4.69, 9.17) is 0 Å². The second kappa shape index (κ2) is 7.11. The first kappa shape index (κ1) is 14.6. The van der Waals surface area contributed by atoms with Crippen LogP contribution < -0.4 is 4.90 Å². The molecule has 0 aromatic heterocycles. The van der Waals surface area contributed by atoms with Gasteiger partial charge < -0.3 is 0 Å². The highest BCUT2D eigenvalue weighted by Gasteiger charge is 2.18. The van der Waals surface area contributed by atoms with Crippen molar-refractivity contribution in [3.05, 3.63) is 63.7 Å². The number of hydrogen-bond donors (Lipinski definition) is 0. The predicted molar refractivity (Wildman–Crippen MR) is 90.7 cm³/mol. The van der Waals surface area contributed by atoms with E-state index < -0.39 is 0 Å². The standard InChI is InChI=1S/C17H14INO/c1-2-3-13-19(16-12-8-7-11-15(16)18)17(20)14-9-5-4-6-10-14/h4-12H,13H2,1H3. The Kier molecular flexibility index (Phi) is 5.19. The highest BCUT2D eigenvalue weighted by atomic mass is 127. The SMILES string of the molecule is CC#CCN(C(=O)c1ccccc1)c1ccccc1I. The normalized spacial score (nSPS) is 9.50. The van der Waals surface area contributed by atoms with Crippen molar-refractivity contribution in [1.82, 2.24) is 0 Å². The Hall–Kier alpha value is -1.80. The van der Waals surface area contributed by atoms with Crippen molar-refractivity contribution in [3.8, 4) is 11.8 Å². The molecule has 2 rings (SSSR count). The Morgan fingerprint density at radius 1 is 1.10 bits per heavy atom. The molecule has 20 heavy (non-hydrogen) atoms. The van der Waals surface area contributed by atoms with Gasteiger partial charge in [-0.2, -0.15) is 0 Å². The number of halogens is 1. The molecule has 0 radical (unpaired) electrons. The number of nitrogens with zero attached hydrogens (tertiary/aromatic N) is 1. The molecule has 0 bridgehead atoms. The van der Waals surface area contributed by atoms with E-state index in [2.05, 4.69) is 34.4 Å². The van der Waals surface area contributed by atoms with E-state index in [-0.39, 0.29) is 5.91 Å². The Labute approximate surface area is 132 Å². The lowest BCUT2D eigenvalue weighted by atomic mass is 10.2. The second-order valence-electron chi connectivity index (χ2n) is 4.14. The van der Waals surface area contributed by atoms with Gasteiger partial charge in [-0.25, -0.2) is 0 Å². The van der Waals surface area contributed by atoms with Gasteiger partial charge >= 0.3 is 0 Å². The number of benzene rings is 2. The Morgan fingerprint density at radius 2 is 1.75 bits per heavy atom. The summed E-state index contributed by atoms with van der Waals surface area (Å²) < 4.78 is 1.03. The lowest BCUT2D eigenvalue weighted by Gasteiger charge is -2.21. The van der Waals surface area contributed by atoms with E-state index in [1.54, 1.807) is 11.8 Å². The van der Waals surface area contributed by atoms with Gasteiger partial charge in [0.15, 0.2) is 0 Å². The molecular formula is C17H14INO. The first-order valence-electron chi connectivity index (χ1n) is 6.25. The van der Waals surface area contributed by atoms with Crippen LogP contribution in [-0.4, -0.2) is 12.5 Å². The Balaban J connectivity index is 2.40. The average Bonchev–Trinajstić information content (AvgIpc) is 2.50. The smallest absolute Gasteiger partial charge is 0.259 e. The molecule has 2 nitrogen and oxygen atoms in total. The summed E-state index contributed by atoms with van der Waals surface area (Å²) in [7, 11) is 0. The van der Waals surface area contributed by atoms with Crippen LogP contribution in [0.15, 0.2) is 54.6 Å². The molecule has 0 unspecified atom stereocenters. The summed E-state index contributed by atoms with van der Waals surface area (Å²) in [6, 6.07) is 17.1. The van der Waals surface area contributed by atoms with Gasteiger partial charge in [0.25, 0.3) is 5.91 Å². The zero-order chi connectivity index (χ0) is 14.4. The molecule has 100 valence electrons. The molecule has 3 heteroatoms. The van der Waals surface area contributed by atoms with E-state index in [9.17, 15) is 4.79 Å². The van der Waals surface area contributed by atoms with Crippen molar-refractivity contribution in [3.63, 3.8) is 0 Å². The second-order valence-corrected chi connectivity index (χ2v) is 5.30. The average molecular weight is 375 g/mol. The van der Waals surface area contributed by atoms with Gasteiger partial charge in [0.2, 0.25) is 0 Å². The van der Waals surface area contributed by atoms with E-state index in [1.807, 2.05) is 54.6 Å². The van der Waals surface area contributed by atoms with E-state index >= 15 is 0 Å². The zero-order valence-corrected chi connectivity index (χ0v) is 13.3. The third-order valence-electron chi connectivity index (χ3n) is 2.82. The molecular weight excluding hydrogens is 361 g/mol. The number of carbonyl (C=O) groups excluding carboxylic acids is 1. The van der Waals surface area contributed by atoms with Crippen LogP contribution in [0.5, 0.6) is 0 Å². The van der Waals surface area contributed by atoms with Gasteiger partial charge in [0.1, 0.15) is 0 Å². The molecule has 0 heterocycles. The van der Waals surface area contributed by atoms with Crippen molar-refractivity contribution in [1.29, 1.82) is 0 Å². The largest absolute Gasteiger partial charge is 0.296 e. The summed E-state index contributed by atoms with van der Waals surface area (Å²) in [6.07, 6.45) is 0. The number of rotatable bonds is 3. The molecule has 0 saturated heterocycles. The van der Waals surface area contributed by atoms with Gasteiger partial charge in [0, 0.05) is 9.13 Å². The van der Waals surface area contributed by atoms with Gasteiger partial charge in [-0.05, 0) is 53.8 Å². The summed E-state index contributed by atoms with van der Waals surface area (Å²) >= 11 is 2.24. The lowest BCUT2D eigenvalue weighted by Crippen LogP contribution is -2.32. The maximum Gasteiger partial charge on any atom is 0.259 e. The summed E-state index contributed by atoms with van der Waals surface area (Å²) in [5.74, 6) is 5.79. The van der Waals surface area contributed by atoms with E-state index in [1.165, 1.54) is 0 Å². The molecule has 2 aromatic rings. The topological polar surface area (TPSA) is 20.3 Å². The predicted octanol–water partition coefficient (Wildman–Crippen LogP) is 3.96. The molecule has 0 aliphatic heterocycles. The van der Waals surface area contributed by atoms with Gasteiger partial charge in [-0.3, -0.25) is 9.69 Å². The number of anilines is 1. The van der Waals surface area contributed by atoms with Crippen LogP contribution >= 0.6 is 22.6 Å². The first-order chi connectivity index (χ1) is 9.74. The van der Waals surface area contributed by atoms with Crippen LogP contribution in [0.3, 0.4) is 0 Å². The summed E-state index contributed by atoms with van der Waals surface area (Å²) in [5.41, 5.74) is 1.56. The van der Waals surface area contributed by atoms with Gasteiger partial charge in [-0.1, -0.05) is 36.3 Å². The molecule has 0 atom stereocenters. The quantitative estimate of drug-likeness (QED) is 0.588. The third kappa shape index (κ3) is 3.40. The Morgan fingerprint density at radius 3 is 2.40 bits per heavy atom. The van der Waals surface area contributed by atoms with Crippen LogP contribution in [0.2, 0.25) is 0 Å². The highest BCUT2D eigenvalue weighted by molar-refractivity contribution is 14.1. The molecule has 0 aliphatic carbocycles.